The number of fused-ring (bicyclic) bond motifs is 8. The number of carboxylic acids is 2. The third-order valence-corrected chi connectivity index (χ3v) is 15.2. The van der Waals surface area contributed by atoms with Crippen LogP contribution in [-0.4, -0.2) is 140 Å². The largest absolute Gasteiger partial charge is 0.480 e. The number of esters is 2. The van der Waals surface area contributed by atoms with Crippen LogP contribution in [0.25, 0.3) is 29.9 Å². The van der Waals surface area contributed by atoms with E-state index in [1.54, 1.807) is 13.0 Å². The molecule has 0 radical (unpaired) electrons. The number of thioether (sulfide) groups is 1. The van der Waals surface area contributed by atoms with E-state index < -0.39 is 83.2 Å². The van der Waals surface area contributed by atoms with Crippen LogP contribution < -0.4 is 37.7 Å². The molecule has 5 amide bonds. The molecule has 6 heterocycles. The number of nitrogens with two attached hydrogens (primary N) is 1. The number of nitrogens with zero attached hydrogens (tertiary/aromatic N) is 1. The summed E-state index contributed by atoms with van der Waals surface area (Å²) in [6.45, 7) is 12.8. The Morgan fingerprint density at radius 1 is 0.920 bits per heavy atom. The highest BCUT2D eigenvalue weighted by Gasteiger charge is 2.41. The number of nitrogens with one attached hydrogen (secondary N) is 7. The van der Waals surface area contributed by atoms with Crippen LogP contribution in [-0.2, 0) is 54.3 Å². The molecule has 6 rings (SSSR count). The fourth-order valence-electron chi connectivity index (χ4n) is 9.65. The number of aliphatic carboxylic acids is 2. The number of ether oxygens (including phenoxy) is 2. The molecule has 3 aliphatic heterocycles. The maximum Gasteiger partial charge on any atom is 0.340 e. The van der Waals surface area contributed by atoms with Gasteiger partial charge in [-0.2, -0.15) is 0 Å². The molecular formula is C52H65N9O13S. The number of rotatable bonds is 22. The van der Waals surface area contributed by atoms with Gasteiger partial charge in [-0.1, -0.05) is 26.5 Å². The van der Waals surface area contributed by atoms with E-state index in [0.29, 0.717) is 41.1 Å². The Morgan fingerprint density at radius 3 is 2.28 bits per heavy atom. The number of carboxylic acid groups (broad SMARTS) is 2. The van der Waals surface area contributed by atoms with Crippen molar-refractivity contribution in [2.75, 3.05) is 39.6 Å². The highest BCUT2D eigenvalue weighted by atomic mass is 32.2. The van der Waals surface area contributed by atoms with E-state index in [1.807, 2.05) is 32.9 Å². The molecule has 0 aliphatic carbocycles. The second kappa shape index (κ2) is 24.6. The Balaban J connectivity index is 1.32. The van der Waals surface area contributed by atoms with E-state index in [0.717, 1.165) is 66.7 Å². The first-order valence-corrected chi connectivity index (χ1v) is 25.5. The lowest BCUT2D eigenvalue weighted by molar-refractivity contribution is -0.141. The zero-order chi connectivity index (χ0) is 55.0. The molecule has 0 spiro atoms. The average molecular weight is 1060 g/mol. The summed E-state index contributed by atoms with van der Waals surface area (Å²) in [5, 5.41) is 29.9. The molecule has 0 saturated carbocycles. The van der Waals surface area contributed by atoms with E-state index >= 15 is 0 Å². The molecule has 5 atom stereocenters. The number of H-pyrrole nitrogens is 3. The molecule has 3 aliphatic rings. The van der Waals surface area contributed by atoms with Crippen LogP contribution in [0.5, 0.6) is 0 Å². The number of allylic oxidation sites excluding steroid dienone is 2. The fourth-order valence-corrected chi connectivity index (χ4v) is 10.8. The van der Waals surface area contributed by atoms with Crippen molar-refractivity contribution in [3.63, 3.8) is 0 Å². The molecule has 0 aromatic carbocycles. The number of imide groups is 1. The molecule has 11 N–H and O–H groups in total. The molecule has 22 nitrogen and oxygen atoms in total. The summed E-state index contributed by atoms with van der Waals surface area (Å²) in [7, 11) is 2.58. The standard InChI is InChI=1S/C52H65N9O13S/c1-9-28-24(3)33-18-35-26(5)30(11-14-45(67)73-7)47(59-35)31(48-46(52(72)74-8)27(6)36(60-48)20-38-29(10-2)25(4)34(57-38)19-37(28)56-33)17-42(63)54-15-16-61-43(64)21-40(50(61)69)75-23-39(49(68)55-22-44(65)66)58-41(62)13-12-32(53)51(70)71/h9,18-20,26,30,32,39-40,56-57,59-60H,1,10-17,21-23,53H2,2-8H3,(H,54,63)(H,55,68)(H,58,62)(H,65,66)(H,70,71)/t26-,30-,32-,39-,40?/m0/s1. The number of aromatic nitrogens is 3. The minimum absolute atomic E-state index is 0.0412. The molecule has 2 saturated heterocycles. The van der Waals surface area contributed by atoms with Gasteiger partial charge in [0.15, 0.2) is 0 Å². The maximum absolute atomic E-state index is 14.4. The van der Waals surface area contributed by atoms with Gasteiger partial charge in [0, 0.05) is 100 Å². The van der Waals surface area contributed by atoms with Crippen molar-refractivity contribution in [3.05, 3.63) is 84.8 Å². The van der Waals surface area contributed by atoms with Gasteiger partial charge < -0.3 is 61.6 Å². The topological polar surface area (TPSA) is 337 Å². The zero-order valence-electron chi connectivity index (χ0n) is 43.0. The summed E-state index contributed by atoms with van der Waals surface area (Å²) >= 11 is 0.886. The summed E-state index contributed by atoms with van der Waals surface area (Å²) in [4.78, 5) is 128. The Kier molecular flexibility index (Phi) is 18.6. The van der Waals surface area contributed by atoms with Crippen molar-refractivity contribution in [3.8, 4) is 0 Å². The monoisotopic (exact) mass is 1060 g/mol. The quantitative estimate of drug-likeness (QED) is 0.0502. The van der Waals surface area contributed by atoms with Gasteiger partial charge in [0.2, 0.25) is 29.5 Å². The molecule has 3 aromatic heterocycles. The van der Waals surface area contributed by atoms with Gasteiger partial charge in [0.25, 0.3) is 0 Å². The minimum atomic E-state index is -1.36. The Bertz CT molecular complexity index is 3020. The number of carbonyl (C=O) groups is 9. The summed E-state index contributed by atoms with van der Waals surface area (Å²) in [5.74, 6) is -8.02. The van der Waals surface area contributed by atoms with Crippen molar-refractivity contribution in [1.82, 2.24) is 41.1 Å². The Morgan fingerprint density at radius 2 is 1.63 bits per heavy atom. The van der Waals surface area contributed by atoms with E-state index in [2.05, 4.69) is 55.8 Å². The Labute approximate surface area is 436 Å². The van der Waals surface area contributed by atoms with Crippen molar-refractivity contribution >= 4 is 95.1 Å². The third kappa shape index (κ3) is 12.8. The maximum atomic E-state index is 14.4. The number of hydrogen-bond donors (Lipinski definition) is 10. The van der Waals surface area contributed by atoms with Gasteiger partial charge in [-0.05, 0) is 80.5 Å². The van der Waals surface area contributed by atoms with E-state index in [1.165, 1.54) is 14.2 Å². The number of methoxy groups -OCH3 is 2. The molecule has 23 heteroatoms. The molecular weight excluding hydrogens is 991 g/mol. The molecule has 402 valence electrons. The zero-order valence-corrected chi connectivity index (χ0v) is 43.8. The van der Waals surface area contributed by atoms with Crippen LogP contribution >= 0.6 is 11.8 Å². The van der Waals surface area contributed by atoms with Gasteiger partial charge in [0.1, 0.15) is 18.6 Å². The second-order valence-corrected chi connectivity index (χ2v) is 19.8. The average Bonchev–Trinajstić information content (AvgIpc) is 4.12. The first-order valence-electron chi connectivity index (χ1n) is 24.5. The van der Waals surface area contributed by atoms with Crippen LogP contribution in [0.3, 0.4) is 0 Å². The molecule has 2 fully saturated rings. The van der Waals surface area contributed by atoms with Gasteiger partial charge in [0.05, 0.1) is 37.1 Å². The molecule has 75 heavy (non-hydrogen) atoms. The number of aromatic amines is 3. The van der Waals surface area contributed by atoms with Gasteiger partial charge in [-0.3, -0.25) is 43.3 Å². The van der Waals surface area contributed by atoms with E-state index in [-0.39, 0.29) is 62.4 Å². The van der Waals surface area contributed by atoms with Crippen LogP contribution in [0.4, 0.5) is 0 Å². The third-order valence-electron chi connectivity index (χ3n) is 13.9. The van der Waals surface area contributed by atoms with Crippen LogP contribution in [0.15, 0.2) is 18.0 Å². The van der Waals surface area contributed by atoms with E-state index in [9.17, 15) is 43.2 Å². The van der Waals surface area contributed by atoms with E-state index in [4.69, 9.17) is 25.4 Å². The lowest BCUT2D eigenvalue weighted by Gasteiger charge is -2.20. The van der Waals surface area contributed by atoms with Crippen LogP contribution in [0.2, 0.25) is 0 Å². The minimum Gasteiger partial charge on any atom is -0.480 e. The number of carbonyl (C=O) groups excluding carboxylic acids is 7. The van der Waals surface area contributed by atoms with Crippen molar-refractivity contribution in [2.45, 2.75) is 96.9 Å². The lowest BCUT2D eigenvalue weighted by Crippen LogP contribution is -2.50. The predicted octanol–water partition coefficient (Wildman–Crippen LogP) is 1.36. The first kappa shape index (κ1) is 56.6. The summed E-state index contributed by atoms with van der Waals surface area (Å²) in [6, 6.07) is -2.70. The van der Waals surface area contributed by atoms with Gasteiger partial charge >= 0.3 is 23.9 Å². The fraction of sp³-hybridized carbons (Fsp3) is 0.442. The van der Waals surface area contributed by atoms with Gasteiger partial charge in [-0.15, -0.1) is 11.8 Å². The summed E-state index contributed by atoms with van der Waals surface area (Å²) in [5.41, 5.74) is 14.5. The molecule has 1 unspecified atom stereocenters. The number of hydrogen-bond acceptors (Lipinski definition) is 14. The summed E-state index contributed by atoms with van der Waals surface area (Å²) < 4.78 is 10.4. The molecule has 3 aromatic rings. The predicted molar refractivity (Wildman–Crippen MR) is 278 cm³/mol. The van der Waals surface area contributed by atoms with Crippen molar-refractivity contribution in [1.29, 1.82) is 0 Å². The molecule has 8 bridgehead atoms. The SMILES string of the molecule is C=Cc1c2[nH]c(c1C)C=C1NC(=C(CC(=O)NCCN3C(=O)CC(SC[C@H](NC(=O)CC[C@H](N)C(=O)O)C(=O)NCC(=O)O)C3=O)c3[nH]c(c(C)c3C(=O)OC)C=c3[nH]c(c(C)c3CC)=C2)[C@@H](CCC(=O)OC)[C@@H]1C. The van der Waals surface area contributed by atoms with Crippen molar-refractivity contribution < 1.29 is 62.8 Å². The lowest BCUT2D eigenvalue weighted by atomic mass is 9.85. The highest BCUT2D eigenvalue weighted by Crippen LogP contribution is 2.43. The number of likely N-dealkylation sites (tertiary alicyclic amines) is 1. The smallest absolute Gasteiger partial charge is 0.340 e. The Hall–Kier alpha value is -7.66. The second-order valence-electron chi connectivity index (χ2n) is 18.6. The van der Waals surface area contributed by atoms with Crippen LogP contribution in [0.1, 0.15) is 113 Å². The van der Waals surface area contributed by atoms with Gasteiger partial charge in [-0.25, -0.2) is 4.79 Å². The normalized spacial score (nSPS) is 17.7. The van der Waals surface area contributed by atoms with Crippen molar-refractivity contribution in [2.24, 2.45) is 17.6 Å². The first-order chi connectivity index (χ1) is 35.6. The summed E-state index contributed by atoms with van der Waals surface area (Å²) in [6.07, 6.45) is 7.61. The van der Waals surface area contributed by atoms with Crippen LogP contribution in [0, 0.1) is 32.6 Å². The highest BCUT2D eigenvalue weighted by molar-refractivity contribution is 8.00. The number of amides is 5.